The number of rotatable bonds is 6. The Bertz CT molecular complexity index is 418. The molecule has 0 spiro atoms. The number of hydrogen-bond donors (Lipinski definition) is 2. The molecule has 0 radical (unpaired) electrons. The summed E-state index contributed by atoms with van der Waals surface area (Å²) in [7, 11) is 1.64. The summed E-state index contributed by atoms with van der Waals surface area (Å²) < 4.78 is 5.11. The number of nitrogens with zero attached hydrogens (tertiary/aromatic N) is 3. The Morgan fingerprint density at radius 1 is 1.40 bits per heavy atom. The van der Waals surface area contributed by atoms with E-state index < -0.39 is 0 Å². The molecule has 2 heterocycles. The summed E-state index contributed by atoms with van der Waals surface area (Å²) in [6.45, 7) is 4.76. The molecule has 0 aliphatic carbocycles. The van der Waals surface area contributed by atoms with Gasteiger partial charge in [-0.25, -0.2) is 15.8 Å². The third-order valence-electron chi connectivity index (χ3n) is 3.82. The van der Waals surface area contributed by atoms with Gasteiger partial charge >= 0.3 is 0 Å². The summed E-state index contributed by atoms with van der Waals surface area (Å²) >= 11 is 0. The second-order valence-corrected chi connectivity index (χ2v) is 5.32. The van der Waals surface area contributed by atoms with Crippen molar-refractivity contribution in [3.8, 4) is 0 Å². The summed E-state index contributed by atoms with van der Waals surface area (Å²) in [4.78, 5) is 11.2. The molecule has 1 aromatic heterocycles. The Hall–Kier alpha value is -1.40. The molecule has 1 saturated heterocycles. The second-order valence-electron chi connectivity index (χ2n) is 5.32. The normalized spacial score (nSPS) is 16.4. The standard InChI is InChI=1S/C14H25N5O/c1-3-4-11-5-7-19(8-6-11)14-9-12(18-15)16-13(17-14)10-20-2/h9,11H,3-8,10,15H2,1-2H3,(H,16,17,18). The Labute approximate surface area is 120 Å². The summed E-state index contributed by atoms with van der Waals surface area (Å²) in [5.74, 6) is 8.58. The van der Waals surface area contributed by atoms with Gasteiger partial charge in [-0.15, -0.1) is 0 Å². The van der Waals surface area contributed by atoms with E-state index in [4.69, 9.17) is 10.6 Å². The Morgan fingerprint density at radius 2 is 2.15 bits per heavy atom. The fourth-order valence-electron chi connectivity index (χ4n) is 2.77. The van der Waals surface area contributed by atoms with Crippen molar-refractivity contribution in [3.05, 3.63) is 11.9 Å². The minimum absolute atomic E-state index is 0.398. The van der Waals surface area contributed by atoms with Gasteiger partial charge in [-0.2, -0.15) is 0 Å². The molecule has 1 aromatic rings. The minimum Gasteiger partial charge on any atom is -0.377 e. The number of hydrogen-bond acceptors (Lipinski definition) is 6. The van der Waals surface area contributed by atoms with E-state index in [-0.39, 0.29) is 0 Å². The van der Waals surface area contributed by atoms with E-state index >= 15 is 0 Å². The number of ether oxygens (including phenoxy) is 1. The predicted molar refractivity (Wildman–Crippen MR) is 80.4 cm³/mol. The molecule has 20 heavy (non-hydrogen) atoms. The zero-order valence-corrected chi connectivity index (χ0v) is 12.4. The topological polar surface area (TPSA) is 76.3 Å². The van der Waals surface area contributed by atoms with Gasteiger partial charge in [-0.3, -0.25) is 0 Å². The van der Waals surface area contributed by atoms with E-state index in [0.717, 1.165) is 24.8 Å². The van der Waals surface area contributed by atoms with E-state index in [1.807, 2.05) is 6.07 Å². The average molecular weight is 279 g/mol. The van der Waals surface area contributed by atoms with Crippen LogP contribution in [0.1, 0.15) is 38.4 Å². The van der Waals surface area contributed by atoms with Gasteiger partial charge < -0.3 is 15.1 Å². The van der Waals surface area contributed by atoms with Crippen LogP contribution in [0.4, 0.5) is 11.6 Å². The van der Waals surface area contributed by atoms with E-state index in [0.29, 0.717) is 18.2 Å². The zero-order valence-electron chi connectivity index (χ0n) is 12.4. The molecule has 0 amide bonds. The summed E-state index contributed by atoms with van der Waals surface area (Å²) in [5, 5.41) is 0. The number of nitrogens with one attached hydrogen (secondary N) is 1. The molecule has 0 atom stereocenters. The number of nitrogens with two attached hydrogens (primary N) is 1. The van der Waals surface area contributed by atoms with Crippen LogP contribution in [0.2, 0.25) is 0 Å². The minimum atomic E-state index is 0.398. The smallest absolute Gasteiger partial charge is 0.158 e. The highest BCUT2D eigenvalue weighted by Gasteiger charge is 2.20. The van der Waals surface area contributed by atoms with Crippen molar-refractivity contribution in [1.29, 1.82) is 0 Å². The lowest BCUT2D eigenvalue weighted by Gasteiger charge is -2.33. The molecule has 112 valence electrons. The van der Waals surface area contributed by atoms with Crippen molar-refractivity contribution in [2.45, 2.75) is 39.2 Å². The molecule has 1 fully saturated rings. The number of methoxy groups -OCH3 is 1. The van der Waals surface area contributed by atoms with Crippen LogP contribution in [0, 0.1) is 5.92 Å². The highest BCUT2D eigenvalue weighted by molar-refractivity contribution is 5.49. The van der Waals surface area contributed by atoms with Gasteiger partial charge in [0.15, 0.2) is 5.82 Å². The fraction of sp³-hybridized carbons (Fsp3) is 0.714. The van der Waals surface area contributed by atoms with Crippen LogP contribution in [-0.2, 0) is 11.3 Å². The van der Waals surface area contributed by atoms with Crippen LogP contribution in [0.3, 0.4) is 0 Å². The molecule has 1 aliphatic heterocycles. The third-order valence-corrected chi connectivity index (χ3v) is 3.82. The van der Waals surface area contributed by atoms with Gasteiger partial charge in [-0.1, -0.05) is 19.8 Å². The molecule has 0 bridgehead atoms. The lowest BCUT2D eigenvalue weighted by molar-refractivity contribution is 0.178. The molecule has 6 nitrogen and oxygen atoms in total. The van der Waals surface area contributed by atoms with Crippen molar-refractivity contribution >= 4 is 11.6 Å². The molecule has 0 aromatic carbocycles. The first-order valence-corrected chi connectivity index (χ1v) is 7.35. The van der Waals surface area contributed by atoms with Crippen LogP contribution in [0.15, 0.2) is 6.07 Å². The molecule has 6 heteroatoms. The molecule has 3 N–H and O–H groups in total. The largest absolute Gasteiger partial charge is 0.377 e. The fourth-order valence-corrected chi connectivity index (χ4v) is 2.77. The van der Waals surface area contributed by atoms with Gasteiger partial charge in [0.2, 0.25) is 0 Å². The molecule has 1 aliphatic rings. The zero-order chi connectivity index (χ0) is 14.4. The number of nitrogen functional groups attached to an aromatic ring is 1. The van der Waals surface area contributed by atoms with Crippen molar-refractivity contribution < 1.29 is 4.74 Å². The predicted octanol–water partition coefficient (Wildman–Crippen LogP) is 1.93. The number of hydrazine groups is 1. The van der Waals surface area contributed by atoms with E-state index in [9.17, 15) is 0 Å². The highest BCUT2D eigenvalue weighted by Crippen LogP contribution is 2.26. The third kappa shape index (κ3) is 3.80. The van der Waals surface area contributed by atoms with Crippen molar-refractivity contribution in [2.24, 2.45) is 11.8 Å². The van der Waals surface area contributed by atoms with Crippen LogP contribution >= 0.6 is 0 Å². The van der Waals surface area contributed by atoms with Crippen molar-refractivity contribution in [1.82, 2.24) is 9.97 Å². The number of piperidine rings is 1. The summed E-state index contributed by atoms with van der Waals surface area (Å²) in [6.07, 6.45) is 5.09. The SMILES string of the molecule is CCCC1CCN(c2cc(NN)nc(COC)n2)CC1. The van der Waals surface area contributed by atoms with Crippen LogP contribution < -0.4 is 16.2 Å². The maximum Gasteiger partial charge on any atom is 0.158 e. The lowest BCUT2D eigenvalue weighted by Crippen LogP contribution is -2.34. The van der Waals surface area contributed by atoms with Gasteiger partial charge in [-0.05, 0) is 18.8 Å². The molecule has 2 rings (SSSR count). The highest BCUT2D eigenvalue weighted by atomic mass is 16.5. The molecular formula is C14H25N5O. The molecule has 0 unspecified atom stereocenters. The van der Waals surface area contributed by atoms with E-state index in [1.54, 1.807) is 7.11 Å². The monoisotopic (exact) mass is 279 g/mol. The molecule has 0 saturated carbocycles. The summed E-state index contributed by atoms with van der Waals surface area (Å²) in [6, 6.07) is 1.90. The van der Waals surface area contributed by atoms with Crippen molar-refractivity contribution in [3.63, 3.8) is 0 Å². The van der Waals surface area contributed by atoms with Gasteiger partial charge in [0.1, 0.15) is 18.2 Å². The van der Waals surface area contributed by atoms with E-state index in [1.165, 1.54) is 25.7 Å². The van der Waals surface area contributed by atoms with Crippen LogP contribution in [0.25, 0.3) is 0 Å². The maximum absolute atomic E-state index is 5.48. The Morgan fingerprint density at radius 3 is 2.75 bits per heavy atom. The van der Waals surface area contributed by atoms with Gasteiger partial charge in [0, 0.05) is 26.3 Å². The van der Waals surface area contributed by atoms with Crippen LogP contribution in [0.5, 0.6) is 0 Å². The first-order chi connectivity index (χ1) is 9.76. The first-order valence-electron chi connectivity index (χ1n) is 7.35. The quantitative estimate of drug-likeness (QED) is 0.612. The maximum atomic E-state index is 5.48. The average Bonchev–Trinajstić information content (AvgIpc) is 2.48. The molecular weight excluding hydrogens is 254 g/mol. The van der Waals surface area contributed by atoms with E-state index in [2.05, 4.69) is 27.2 Å². The van der Waals surface area contributed by atoms with Crippen LogP contribution in [-0.4, -0.2) is 30.2 Å². The number of anilines is 2. The Kier molecular flexibility index (Phi) is 5.55. The lowest BCUT2D eigenvalue weighted by atomic mass is 9.92. The van der Waals surface area contributed by atoms with Crippen molar-refractivity contribution in [2.75, 3.05) is 30.5 Å². The Balaban J connectivity index is 2.06. The van der Waals surface area contributed by atoms with Gasteiger partial charge in [0.25, 0.3) is 0 Å². The summed E-state index contributed by atoms with van der Waals surface area (Å²) in [5.41, 5.74) is 2.60. The second kappa shape index (κ2) is 7.40. The van der Waals surface area contributed by atoms with Gasteiger partial charge in [0.05, 0.1) is 0 Å². The first kappa shape index (κ1) is 15.0. The number of aromatic nitrogens is 2.